The van der Waals surface area contributed by atoms with Gasteiger partial charge in [0.25, 0.3) is 0 Å². The maximum absolute atomic E-state index is 12.8. The van der Waals surface area contributed by atoms with Crippen molar-refractivity contribution in [3.05, 3.63) is 29.8 Å². The number of sulfonamides is 1. The highest BCUT2D eigenvalue weighted by atomic mass is 32.2. The van der Waals surface area contributed by atoms with Gasteiger partial charge in [-0.3, -0.25) is 4.99 Å². The summed E-state index contributed by atoms with van der Waals surface area (Å²) in [6.45, 7) is 11.5. The van der Waals surface area contributed by atoms with E-state index >= 15 is 0 Å². The van der Waals surface area contributed by atoms with Crippen LogP contribution in [-0.4, -0.2) is 57.5 Å². The molecule has 0 spiro atoms. The zero-order chi connectivity index (χ0) is 21.5. The zero-order valence-corrected chi connectivity index (χ0v) is 19.3. The number of guanidine groups is 1. The number of likely N-dealkylation sites (tertiary alicyclic amines) is 1. The van der Waals surface area contributed by atoms with Crippen molar-refractivity contribution in [1.82, 2.24) is 20.3 Å². The summed E-state index contributed by atoms with van der Waals surface area (Å²) in [5.74, 6) is 0.704. The Kier molecular flexibility index (Phi) is 8.48. The molecule has 0 radical (unpaired) electrons. The average molecular weight is 424 g/mol. The Balaban J connectivity index is 1.98. The zero-order valence-electron chi connectivity index (χ0n) is 18.5. The standard InChI is InChI=1S/C21H37N5O2S/c1-6-13-26-14-11-18(12-15-26)24-20(22-5)23-16-17-9-7-8-10-19(17)29(27,28)25-21(2,3)4/h7-10,18,25H,6,11-16H2,1-5H3,(H2,22,23,24). The van der Waals surface area contributed by atoms with E-state index < -0.39 is 15.6 Å². The van der Waals surface area contributed by atoms with Gasteiger partial charge < -0.3 is 15.5 Å². The third-order valence-corrected chi connectivity index (χ3v) is 6.70. The Morgan fingerprint density at radius 1 is 1.21 bits per heavy atom. The minimum absolute atomic E-state index is 0.297. The molecule has 0 unspecified atom stereocenters. The van der Waals surface area contributed by atoms with Gasteiger partial charge in [-0.15, -0.1) is 0 Å². The highest BCUT2D eigenvalue weighted by Crippen LogP contribution is 2.18. The van der Waals surface area contributed by atoms with Crippen LogP contribution in [0.5, 0.6) is 0 Å². The van der Waals surface area contributed by atoms with Crippen LogP contribution in [0.25, 0.3) is 0 Å². The molecule has 0 amide bonds. The number of benzene rings is 1. The largest absolute Gasteiger partial charge is 0.354 e. The van der Waals surface area contributed by atoms with E-state index in [-0.39, 0.29) is 0 Å². The summed E-state index contributed by atoms with van der Waals surface area (Å²) in [7, 11) is -1.86. The van der Waals surface area contributed by atoms with Crippen molar-refractivity contribution in [1.29, 1.82) is 0 Å². The molecule has 2 rings (SSSR count). The smallest absolute Gasteiger partial charge is 0.241 e. The molecule has 1 aliphatic heterocycles. The van der Waals surface area contributed by atoms with Crippen molar-refractivity contribution in [2.24, 2.45) is 4.99 Å². The van der Waals surface area contributed by atoms with Crippen LogP contribution < -0.4 is 15.4 Å². The lowest BCUT2D eigenvalue weighted by atomic mass is 10.1. The van der Waals surface area contributed by atoms with Crippen LogP contribution in [-0.2, 0) is 16.6 Å². The molecular weight excluding hydrogens is 386 g/mol. The average Bonchev–Trinajstić information content (AvgIpc) is 2.65. The van der Waals surface area contributed by atoms with E-state index in [0.717, 1.165) is 32.5 Å². The van der Waals surface area contributed by atoms with Crippen LogP contribution in [0.1, 0.15) is 52.5 Å². The molecule has 1 fully saturated rings. The summed E-state index contributed by atoms with van der Waals surface area (Å²) in [6.07, 6.45) is 3.36. The third-order valence-electron chi connectivity index (χ3n) is 4.84. The van der Waals surface area contributed by atoms with Gasteiger partial charge in [0, 0.05) is 38.3 Å². The Labute approximate surface area is 176 Å². The van der Waals surface area contributed by atoms with Crippen molar-refractivity contribution in [3.63, 3.8) is 0 Å². The van der Waals surface area contributed by atoms with Gasteiger partial charge >= 0.3 is 0 Å². The van der Waals surface area contributed by atoms with Gasteiger partial charge in [0.05, 0.1) is 4.90 Å². The van der Waals surface area contributed by atoms with Gasteiger partial charge in [-0.25, -0.2) is 13.1 Å². The van der Waals surface area contributed by atoms with Crippen LogP contribution >= 0.6 is 0 Å². The molecule has 3 N–H and O–H groups in total. The predicted molar refractivity (Wildman–Crippen MR) is 120 cm³/mol. The lowest BCUT2D eigenvalue weighted by molar-refractivity contribution is 0.206. The van der Waals surface area contributed by atoms with Crippen molar-refractivity contribution in [2.75, 3.05) is 26.7 Å². The molecule has 0 aromatic heterocycles. The lowest BCUT2D eigenvalue weighted by Crippen LogP contribution is -2.48. The first kappa shape index (κ1) is 23.6. The lowest BCUT2D eigenvalue weighted by Gasteiger charge is -2.32. The number of nitrogens with one attached hydrogen (secondary N) is 3. The fourth-order valence-electron chi connectivity index (χ4n) is 3.55. The second-order valence-electron chi connectivity index (χ2n) is 8.65. The van der Waals surface area contributed by atoms with Gasteiger partial charge in [0.1, 0.15) is 0 Å². The summed E-state index contributed by atoms with van der Waals surface area (Å²) in [4.78, 5) is 7.11. The third kappa shape index (κ3) is 7.60. The fourth-order valence-corrected chi connectivity index (χ4v) is 5.21. The van der Waals surface area contributed by atoms with E-state index in [4.69, 9.17) is 0 Å². The molecule has 0 bridgehead atoms. The summed E-state index contributed by atoms with van der Waals surface area (Å²) < 4.78 is 28.3. The SMILES string of the molecule is CCCN1CCC(NC(=NC)NCc2ccccc2S(=O)(=O)NC(C)(C)C)CC1. The van der Waals surface area contributed by atoms with Crippen LogP contribution in [0.4, 0.5) is 0 Å². The number of nitrogens with zero attached hydrogens (tertiary/aromatic N) is 2. The van der Waals surface area contributed by atoms with E-state index in [1.54, 1.807) is 19.2 Å². The van der Waals surface area contributed by atoms with Gasteiger partial charge in [0.2, 0.25) is 10.0 Å². The van der Waals surface area contributed by atoms with Crippen molar-refractivity contribution in [2.45, 2.75) is 70.0 Å². The summed E-state index contributed by atoms with van der Waals surface area (Å²) in [5, 5.41) is 6.76. The first-order chi connectivity index (χ1) is 13.6. The van der Waals surface area contributed by atoms with Crippen molar-refractivity contribution in [3.8, 4) is 0 Å². The molecule has 0 aliphatic carbocycles. The highest BCUT2D eigenvalue weighted by molar-refractivity contribution is 7.89. The molecular formula is C21H37N5O2S. The molecule has 0 atom stereocenters. The quantitative estimate of drug-likeness (QED) is 0.463. The number of aliphatic imine (C=N–C) groups is 1. The number of hydrogen-bond donors (Lipinski definition) is 3. The molecule has 1 heterocycles. The minimum Gasteiger partial charge on any atom is -0.354 e. The summed E-state index contributed by atoms with van der Waals surface area (Å²) in [6, 6.07) is 7.46. The molecule has 1 saturated heterocycles. The van der Waals surface area contributed by atoms with Crippen molar-refractivity contribution >= 4 is 16.0 Å². The second-order valence-corrected chi connectivity index (χ2v) is 10.3. The van der Waals surface area contributed by atoms with E-state index in [2.05, 4.69) is 32.2 Å². The van der Waals surface area contributed by atoms with Gasteiger partial charge in [0.15, 0.2) is 5.96 Å². The molecule has 1 aromatic rings. The normalized spacial score (nSPS) is 17.3. The molecule has 8 heteroatoms. The molecule has 29 heavy (non-hydrogen) atoms. The van der Waals surface area contributed by atoms with Crippen LogP contribution in [0.2, 0.25) is 0 Å². The maximum Gasteiger partial charge on any atom is 0.241 e. The molecule has 0 saturated carbocycles. The van der Waals surface area contributed by atoms with E-state index in [1.165, 1.54) is 6.42 Å². The summed E-state index contributed by atoms with van der Waals surface area (Å²) >= 11 is 0. The minimum atomic E-state index is -3.60. The number of piperidine rings is 1. The second kappa shape index (κ2) is 10.4. The Morgan fingerprint density at radius 2 is 1.86 bits per heavy atom. The molecule has 164 valence electrons. The van der Waals surface area contributed by atoms with E-state index in [9.17, 15) is 8.42 Å². The van der Waals surface area contributed by atoms with Gasteiger partial charge in [-0.2, -0.15) is 0 Å². The Bertz CT molecular complexity index is 779. The number of rotatable bonds is 7. The Morgan fingerprint density at radius 3 is 2.45 bits per heavy atom. The first-order valence-electron chi connectivity index (χ1n) is 10.5. The van der Waals surface area contributed by atoms with Crippen LogP contribution in [0.3, 0.4) is 0 Å². The summed E-state index contributed by atoms with van der Waals surface area (Å²) in [5.41, 5.74) is 0.175. The monoisotopic (exact) mass is 423 g/mol. The first-order valence-corrected chi connectivity index (χ1v) is 11.9. The van der Waals surface area contributed by atoms with Gasteiger partial charge in [-0.05, 0) is 58.2 Å². The molecule has 1 aliphatic rings. The highest BCUT2D eigenvalue weighted by Gasteiger charge is 2.24. The fraction of sp³-hybridized carbons (Fsp3) is 0.667. The Hall–Kier alpha value is -1.64. The number of hydrogen-bond acceptors (Lipinski definition) is 4. The van der Waals surface area contributed by atoms with Crippen molar-refractivity contribution < 1.29 is 8.42 Å². The van der Waals surface area contributed by atoms with Crippen LogP contribution in [0.15, 0.2) is 34.2 Å². The molecule has 1 aromatic carbocycles. The maximum atomic E-state index is 12.8. The predicted octanol–water partition coefficient (Wildman–Crippen LogP) is 2.30. The van der Waals surface area contributed by atoms with E-state index in [1.807, 2.05) is 32.9 Å². The van der Waals surface area contributed by atoms with Crippen LogP contribution in [0, 0.1) is 0 Å². The topological polar surface area (TPSA) is 85.8 Å². The molecule has 7 nitrogen and oxygen atoms in total. The van der Waals surface area contributed by atoms with E-state index in [0.29, 0.717) is 29.0 Å². The van der Waals surface area contributed by atoms with Gasteiger partial charge in [-0.1, -0.05) is 25.1 Å².